The van der Waals surface area contributed by atoms with E-state index in [4.69, 9.17) is 16.2 Å². The number of unbranched alkanes of at least 4 members (excludes halogenated alkanes) is 2. The lowest BCUT2D eigenvalue weighted by Crippen LogP contribution is -2.48. The molecule has 11 nitrogen and oxygen atoms in total. The van der Waals surface area contributed by atoms with Crippen molar-refractivity contribution in [3.63, 3.8) is 0 Å². The summed E-state index contributed by atoms with van der Waals surface area (Å²) in [6, 6.07) is 5.84. The molecule has 1 aromatic rings. The highest BCUT2D eigenvalue weighted by Gasteiger charge is 2.25. The van der Waals surface area contributed by atoms with Crippen molar-refractivity contribution in [3.8, 4) is 0 Å². The molecule has 0 aliphatic heterocycles. The molecular formula is C17H27N5O6S. The molecule has 0 aliphatic carbocycles. The van der Waals surface area contributed by atoms with E-state index in [0.29, 0.717) is 19.6 Å². The summed E-state index contributed by atoms with van der Waals surface area (Å²) in [7, 11) is -4.03. The monoisotopic (exact) mass is 429 g/mol. The summed E-state index contributed by atoms with van der Waals surface area (Å²) in [6.07, 6.45) is 2.32. The Kier molecular flexibility index (Phi) is 10.7. The molecule has 0 saturated heterocycles. The van der Waals surface area contributed by atoms with Crippen molar-refractivity contribution in [2.45, 2.75) is 30.2 Å². The lowest BCUT2D eigenvalue weighted by molar-refractivity contribution is -0.139. The number of carbonyl (C=O) groups excluding carboxylic acids is 1. The predicted octanol–water partition coefficient (Wildman–Crippen LogP) is -1.01. The highest BCUT2D eigenvalue weighted by atomic mass is 32.2. The van der Waals surface area contributed by atoms with Crippen molar-refractivity contribution in [2.24, 2.45) is 16.5 Å². The van der Waals surface area contributed by atoms with Crippen LogP contribution < -0.4 is 21.5 Å². The van der Waals surface area contributed by atoms with Gasteiger partial charge in [0.2, 0.25) is 15.9 Å². The third-order valence-electron chi connectivity index (χ3n) is 3.63. The number of aliphatic carboxylic acids is 1. The molecule has 12 heteroatoms. The molecule has 0 bridgehead atoms. The van der Waals surface area contributed by atoms with Crippen LogP contribution in [-0.2, 0) is 24.3 Å². The summed E-state index contributed by atoms with van der Waals surface area (Å²) < 4.78 is 31.7. The van der Waals surface area contributed by atoms with Crippen LogP contribution in [0.2, 0.25) is 0 Å². The Bertz CT molecular complexity index is 781. The number of sulfonamides is 1. The number of hydrogen-bond donors (Lipinski definition) is 5. The fourth-order valence-corrected chi connectivity index (χ4v) is 3.38. The number of carbonyl (C=O) groups is 2. The largest absolute Gasteiger partial charge is 0.480 e. The van der Waals surface area contributed by atoms with Gasteiger partial charge in [0, 0.05) is 19.7 Å². The van der Waals surface area contributed by atoms with Crippen molar-refractivity contribution in [1.82, 2.24) is 10.0 Å². The normalized spacial score (nSPS) is 12.1. The average Bonchev–Trinajstić information content (AvgIpc) is 2.67. The molecule has 0 heterocycles. The van der Waals surface area contributed by atoms with Crippen LogP contribution in [-0.4, -0.2) is 63.7 Å². The molecule has 0 fully saturated rings. The molecule has 7 N–H and O–H groups in total. The Hall–Kier alpha value is -2.70. The maximum Gasteiger partial charge on any atom is 0.323 e. The van der Waals surface area contributed by atoms with Crippen LogP contribution >= 0.6 is 0 Å². The van der Waals surface area contributed by atoms with E-state index in [-0.39, 0.29) is 17.5 Å². The van der Waals surface area contributed by atoms with Crippen molar-refractivity contribution < 1.29 is 27.9 Å². The molecular weight excluding hydrogens is 402 g/mol. The summed E-state index contributed by atoms with van der Waals surface area (Å²) in [5.41, 5.74) is 10.4. The summed E-state index contributed by atoms with van der Waals surface area (Å²) in [6.45, 7) is 0.199. The Labute approximate surface area is 169 Å². The lowest BCUT2D eigenvalue weighted by Gasteiger charge is -2.15. The van der Waals surface area contributed by atoms with Gasteiger partial charge in [0.25, 0.3) is 0 Å². The fourth-order valence-electron chi connectivity index (χ4n) is 2.17. The number of benzene rings is 1. The second kappa shape index (κ2) is 12.7. The van der Waals surface area contributed by atoms with E-state index in [1.165, 1.54) is 24.3 Å². The molecule has 1 aromatic carbocycles. The molecule has 0 radical (unpaired) electrons. The molecule has 0 saturated carbocycles. The average molecular weight is 429 g/mol. The number of carboxylic acid groups (broad SMARTS) is 1. The van der Waals surface area contributed by atoms with E-state index in [0.717, 1.165) is 12.8 Å². The number of nitrogens with zero attached hydrogens (tertiary/aromatic N) is 1. The van der Waals surface area contributed by atoms with E-state index < -0.39 is 34.5 Å². The van der Waals surface area contributed by atoms with Crippen LogP contribution in [0.25, 0.3) is 0 Å². The van der Waals surface area contributed by atoms with E-state index in [1.807, 2.05) is 0 Å². The summed E-state index contributed by atoms with van der Waals surface area (Å²) in [5.74, 6) is -1.91. The minimum Gasteiger partial charge on any atom is -0.480 e. The smallest absolute Gasteiger partial charge is 0.323 e. The molecule has 0 spiro atoms. The molecule has 0 aliphatic rings. The Morgan fingerprint density at radius 1 is 1.14 bits per heavy atom. The van der Waals surface area contributed by atoms with E-state index in [2.05, 4.69) is 15.0 Å². The predicted molar refractivity (Wildman–Crippen MR) is 107 cm³/mol. The zero-order chi connectivity index (χ0) is 21.7. The Morgan fingerprint density at radius 2 is 1.83 bits per heavy atom. The van der Waals surface area contributed by atoms with Gasteiger partial charge in [-0.25, -0.2) is 8.42 Å². The van der Waals surface area contributed by atoms with Crippen LogP contribution in [0.1, 0.15) is 19.3 Å². The second-order valence-electron chi connectivity index (χ2n) is 6.05. The van der Waals surface area contributed by atoms with Gasteiger partial charge in [-0.3, -0.25) is 14.6 Å². The van der Waals surface area contributed by atoms with Crippen LogP contribution in [0.15, 0.2) is 40.2 Å². The van der Waals surface area contributed by atoms with Crippen molar-refractivity contribution in [2.75, 3.05) is 26.3 Å². The first kappa shape index (κ1) is 24.3. The molecule has 162 valence electrons. The van der Waals surface area contributed by atoms with Gasteiger partial charge in [-0.15, -0.1) is 0 Å². The van der Waals surface area contributed by atoms with Gasteiger partial charge in [-0.05, 0) is 31.4 Å². The molecule has 0 aromatic heterocycles. The third kappa shape index (κ3) is 10.4. The van der Waals surface area contributed by atoms with Crippen LogP contribution in [0.4, 0.5) is 0 Å². The first-order valence-corrected chi connectivity index (χ1v) is 10.4. The lowest BCUT2D eigenvalue weighted by atomic mass is 10.2. The van der Waals surface area contributed by atoms with E-state index in [1.54, 1.807) is 6.07 Å². The molecule has 1 amide bonds. The van der Waals surface area contributed by atoms with E-state index in [9.17, 15) is 23.1 Å². The third-order valence-corrected chi connectivity index (χ3v) is 5.11. The van der Waals surface area contributed by atoms with Crippen molar-refractivity contribution >= 4 is 27.9 Å². The zero-order valence-electron chi connectivity index (χ0n) is 15.9. The fraction of sp³-hybridized carbons (Fsp3) is 0.471. The molecule has 1 rings (SSSR count). The summed E-state index contributed by atoms with van der Waals surface area (Å²) >= 11 is 0. The number of guanidine groups is 1. The number of hydrogen-bond acceptors (Lipinski definition) is 6. The van der Waals surface area contributed by atoms with Crippen LogP contribution in [0.5, 0.6) is 0 Å². The summed E-state index contributed by atoms with van der Waals surface area (Å²) in [5, 5.41) is 11.6. The minimum atomic E-state index is -4.03. The van der Waals surface area contributed by atoms with Gasteiger partial charge >= 0.3 is 5.97 Å². The molecule has 1 unspecified atom stereocenters. The minimum absolute atomic E-state index is 0.0450. The van der Waals surface area contributed by atoms with Gasteiger partial charge in [0.1, 0.15) is 12.6 Å². The summed E-state index contributed by atoms with van der Waals surface area (Å²) in [4.78, 5) is 26.9. The highest BCUT2D eigenvalue weighted by Crippen LogP contribution is 2.08. The first-order chi connectivity index (χ1) is 13.7. The highest BCUT2D eigenvalue weighted by molar-refractivity contribution is 7.89. The van der Waals surface area contributed by atoms with Crippen molar-refractivity contribution in [3.05, 3.63) is 30.3 Å². The van der Waals surface area contributed by atoms with Gasteiger partial charge in [0.05, 0.1) is 4.90 Å². The Balaban J connectivity index is 2.32. The first-order valence-electron chi connectivity index (χ1n) is 8.92. The van der Waals surface area contributed by atoms with Gasteiger partial charge in [0.15, 0.2) is 5.96 Å². The molecule has 29 heavy (non-hydrogen) atoms. The Morgan fingerprint density at radius 3 is 2.45 bits per heavy atom. The number of amides is 1. The maximum absolute atomic E-state index is 12.2. The van der Waals surface area contributed by atoms with Crippen molar-refractivity contribution in [1.29, 1.82) is 0 Å². The SMILES string of the molecule is NC(N)=NCCCCCOCC(=O)NCC(NS(=O)(=O)c1ccccc1)C(=O)O. The number of rotatable bonds is 14. The topological polar surface area (TPSA) is 186 Å². The quantitative estimate of drug-likeness (QED) is 0.141. The van der Waals surface area contributed by atoms with Gasteiger partial charge in [-0.2, -0.15) is 4.72 Å². The van der Waals surface area contributed by atoms with Gasteiger partial charge in [-0.1, -0.05) is 18.2 Å². The second-order valence-corrected chi connectivity index (χ2v) is 7.76. The number of aliphatic imine (C=N–C) groups is 1. The van der Waals surface area contributed by atoms with Crippen LogP contribution in [0.3, 0.4) is 0 Å². The van der Waals surface area contributed by atoms with Gasteiger partial charge < -0.3 is 26.6 Å². The van der Waals surface area contributed by atoms with Crippen LogP contribution in [0, 0.1) is 0 Å². The standard InChI is InChI=1S/C17H27N5O6S/c18-17(19)20-9-5-2-6-10-28-12-15(23)21-11-14(16(24)25)22-29(26,27)13-7-3-1-4-8-13/h1,3-4,7-8,14,22H,2,5-6,9-12H2,(H,21,23)(H,24,25)(H4,18,19,20). The van der Waals surface area contributed by atoms with E-state index >= 15 is 0 Å². The number of ether oxygens (including phenoxy) is 1. The molecule has 1 atom stereocenters. The maximum atomic E-state index is 12.2. The number of carboxylic acids is 1. The number of nitrogens with one attached hydrogen (secondary N) is 2. The zero-order valence-corrected chi connectivity index (χ0v) is 16.7. The number of nitrogens with two attached hydrogens (primary N) is 2.